The lowest BCUT2D eigenvalue weighted by molar-refractivity contribution is -0.128. The van der Waals surface area contributed by atoms with Crippen LogP contribution in [0.4, 0.5) is 0 Å². The Labute approximate surface area is 148 Å². The van der Waals surface area contributed by atoms with Crippen molar-refractivity contribution in [3.8, 4) is 0 Å². The van der Waals surface area contributed by atoms with Gasteiger partial charge in [0.15, 0.2) is 5.96 Å². The molecule has 0 spiro atoms. The van der Waals surface area contributed by atoms with Gasteiger partial charge in [0, 0.05) is 38.0 Å². The van der Waals surface area contributed by atoms with Crippen molar-refractivity contribution in [1.29, 1.82) is 0 Å². The Bertz CT molecular complexity index is 534. The lowest BCUT2D eigenvalue weighted by Crippen LogP contribution is -2.40. The third-order valence-electron chi connectivity index (χ3n) is 3.98. The summed E-state index contributed by atoms with van der Waals surface area (Å²) in [6, 6.07) is 10.6. The highest BCUT2D eigenvalue weighted by atomic mass is 127. The van der Waals surface area contributed by atoms with Crippen LogP contribution in [-0.2, 0) is 11.3 Å². The van der Waals surface area contributed by atoms with Gasteiger partial charge in [0.05, 0.1) is 6.54 Å². The van der Waals surface area contributed by atoms with Crippen LogP contribution in [0.1, 0.15) is 18.9 Å². The Morgan fingerprint density at radius 2 is 2.14 bits per heavy atom. The second-order valence-electron chi connectivity index (χ2n) is 5.95. The monoisotopic (exact) mass is 414 g/mol. The second kappa shape index (κ2) is 7.80. The van der Waals surface area contributed by atoms with E-state index in [9.17, 15) is 4.79 Å². The van der Waals surface area contributed by atoms with E-state index in [0.717, 1.165) is 25.6 Å². The van der Waals surface area contributed by atoms with Crippen LogP contribution >= 0.6 is 24.0 Å². The molecular formula is C16H23IN4O. The molecule has 3 rings (SSSR count). The first-order chi connectivity index (χ1) is 10.2. The van der Waals surface area contributed by atoms with E-state index in [1.165, 1.54) is 5.56 Å². The predicted molar refractivity (Wildman–Crippen MR) is 98.3 cm³/mol. The number of rotatable bonds is 4. The predicted octanol–water partition coefficient (Wildman–Crippen LogP) is 1.59. The molecule has 0 aromatic heterocycles. The van der Waals surface area contributed by atoms with Crippen molar-refractivity contribution in [2.24, 2.45) is 10.9 Å². The number of halogens is 1. The van der Waals surface area contributed by atoms with E-state index in [-0.39, 0.29) is 29.9 Å². The molecule has 6 heteroatoms. The molecule has 0 bridgehead atoms. The average Bonchev–Trinajstić information content (AvgIpc) is 3.04. The van der Waals surface area contributed by atoms with E-state index >= 15 is 0 Å². The SMILES string of the molecule is CC1CN=C(NCC2CC(=O)N(Cc3ccccc3)C2)N1.I. The van der Waals surface area contributed by atoms with Gasteiger partial charge in [-0.3, -0.25) is 9.79 Å². The van der Waals surface area contributed by atoms with Gasteiger partial charge >= 0.3 is 0 Å². The summed E-state index contributed by atoms with van der Waals surface area (Å²) in [7, 11) is 0. The van der Waals surface area contributed by atoms with E-state index in [1.54, 1.807) is 0 Å². The molecule has 1 fully saturated rings. The largest absolute Gasteiger partial charge is 0.356 e. The van der Waals surface area contributed by atoms with Crippen LogP contribution in [0.5, 0.6) is 0 Å². The summed E-state index contributed by atoms with van der Waals surface area (Å²) >= 11 is 0. The zero-order valence-electron chi connectivity index (χ0n) is 12.8. The summed E-state index contributed by atoms with van der Waals surface area (Å²) in [5, 5.41) is 6.60. The number of carbonyl (C=O) groups excluding carboxylic acids is 1. The molecule has 1 amide bonds. The number of amides is 1. The lowest BCUT2D eigenvalue weighted by atomic mass is 10.1. The summed E-state index contributed by atoms with van der Waals surface area (Å²) in [4.78, 5) is 18.4. The molecule has 1 aromatic carbocycles. The minimum atomic E-state index is 0. The Morgan fingerprint density at radius 1 is 1.36 bits per heavy atom. The topological polar surface area (TPSA) is 56.7 Å². The van der Waals surface area contributed by atoms with Crippen molar-refractivity contribution >= 4 is 35.8 Å². The highest BCUT2D eigenvalue weighted by molar-refractivity contribution is 14.0. The number of guanidine groups is 1. The molecule has 0 saturated carbocycles. The van der Waals surface area contributed by atoms with Crippen LogP contribution in [0.25, 0.3) is 0 Å². The van der Waals surface area contributed by atoms with E-state index < -0.39 is 0 Å². The van der Waals surface area contributed by atoms with Crippen molar-refractivity contribution in [2.75, 3.05) is 19.6 Å². The first-order valence-electron chi connectivity index (χ1n) is 7.57. The first kappa shape index (κ1) is 17.1. The summed E-state index contributed by atoms with van der Waals surface area (Å²) in [5.74, 6) is 1.48. The van der Waals surface area contributed by atoms with Crippen molar-refractivity contribution in [3.05, 3.63) is 35.9 Å². The summed E-state index contributed by atoms with van der Waals surface area (Å²) in [5.41, 5.74) is 1.19. The van der Waals surface area contributed by atoms with Gasteiger partial charge < -0.3 is 15.5 Å². The summed E-state index contributed by atoms with van der Waals surface area (Å²) in [6.45, 7) is 5.27. The molecule has 2 heterocycles. The minimum Gasteiger partial charge on any atom is -0.356 e. The first-order valence-corrected chi connectivity index (χ1v) is 7.57. The van der Waals surface area contributed by atoms with Gasteiger partial charge in [0.1, 0.15) is 0 Å². The molecule has 2 aliphatic rings. The van der Waals surface area contributed by atoms with Crippen LogP contribution in [0.3, 0.4) is 0 Å². The van der Waals surface area contributed by atoms with E-state index in [1.807, 2.05) is 23.1 Å². The van der Waals surface area contributed by atoms with E-state index in [2.05, 4.69) is 34.7 Å². The van der Waals surface area contributed by atoms with Gasteiger partial charge in [-0.25, -0.2) is 0 Å². The van der Waals surface area contributed by atoms with Gasteiger partial charge in [-0.15, -0.1) is 24.0 Å². The molecule has 22 heavy (non-hydrogen) atoms. The molecule has 2 unspecified atom stereocenters. The van der Waals surface area contributed by atoms with E-state index in [0.29, 0.717) is 24.9 Å². The van der Waals surface area contributed by atoms with Crippen molar-refractivity contribution in [1.82, 2.24) is 15.5 Å². The molecule has 1 aromatic rings. The highest BCUT2D eigenvalue weighted by Crippen LogP contribution is 2.19. The van der Waals surface area contributed by atoms with Crippen LogP contribution in [0.15, 0.2) is 35.3 Å². The van der Waals surface area contributed by atoms with Crippen LogP contribution in [0.2, 0.25) is 0 Å². The number of nitrogens with zero attached hydrogens (tertiary/aromatic N) is 2. The molecule has 120 valence electrons. The summed E-state index contributed by atoms with van der Waals surface area (Å²) < 4.78 is 0. The smallest absolute Gasteiger partial charge is 0.223 e. The fourth-order valence-electron chi connectivity index (χ4n) is 2.85. The standard InChI is InChI=1S/C16H22N4O.HI/c1-12-8-17-16(19-12)18-9-14-7-15(21)20(11-14)10-13-5-3-2-4-6-13;/h2-6,12,14H,7-11H2,1H3,(H2,17,18,19);1H. The number of benzene rings is 1. The van der Waals surface area contributed by atoms with Crippen molar-refractivity contribution in [2.45, 2.75) is 25.9 Å². The van der Waals surface area contributed by atoms with Gasteiger partial charge in [-0.1, -0.05) is 30.3 Å². The Morgan fingerprint density at radius 3 is 2.82 bits per heavy atom. The zero-order chi connectivity index (χ0) is 14.7. The second-order valence-corrected chi connectivity index (χ2v) is 5.95. The maximum atomic E-state index is 12.1. The fourth-order valence-corrected chi connectivity index (χ4v) is 2.85. The molecule has 0 aliphatic carbocycles. The molecular weight excluding hydrogens is 391 g/mol. The third kappa shape index (κ3) is 4.34. The van der Waals surface area contributed by atoms with Gasteiger partial charge in [-0.05, 0) is 12.5 Å². The summed E-state index contributed by atoms with van der Waals surface area (Å²) in [6.07, 6.45) is 0.628. The fraction of sp³-hybridized carbons (Fsp3) is 0.500. The number of hydrogen-bond donors (Lipinski definition) is 2. The van der Waals surface area contributed by atoms with Crippen molar-refractivity contribution in [3.63, 3.8) is 0 Å². The third-order valence-corrected chi connectivity index (χ3v) is 3.98. The molecule has 5 nitrogen and oxygen atoms in total. The maximum Gasteiger partial charge on any atom is 0.223 e. The zero-order valence-corrected chi connectivity index (χ0v) is 15.1. The van der Waals surface area contributed by atoms with Crippen LogP contribution in [0, 0.1) is 5.92 Å². The lowest BCUT2D eigenvalue weighted by Gasteiger charge is -2.17. The normalized spacial score (nSPS) is 23.8. The number of carbonyl (C=O) groups is 1. The molecule has 0 radical (unpaired) electrons. The van der Waals surface area contributed by atoms with Gasteiger partial charge in [0.2, 0.25) is 5.91 Å². The minimum absolute atomic E-state index is 0. The van der Waals surface area contributed by atoms with Crippen molar-refractivity contribution < 1.29 is 4.79 Å². The quantitative estimate of drug-likeness (QED) is 0.736. The number of hydrogen-bond acceptors (Lipinski definition) is 4. The van der Waals surface area contributed by atoms with Crippen LogP contribution < -0.4 is 10.6 Å². The van der Waals surface area contributed by atoms with E-state index in [4.69, 9.17) is 0 Å². The maximum absolute atomic E-state index is 12.1. The van der Waals surface area contributed by atoms with Crippen LogP contribution in [-0.4, -0.2) is 42.4 Å². The molecule has 2 atom stereocenters. The Kier molecular flexibility index (Phi) is 6.05. The van der Waals surface area contributed by atoms with Gasteiger partial charge in [0.25, 0.3) is 0 Å². The number of likely N-dealkylation sites (tertiary alicyclic amines) is 1. The molecule has 2 aliphatic heterocycles. The highest BCUT2D eigenvalue weighted by Gasteiger charge is 2.29. The molecule has 2 N–H and O–H groups in total. The molecule has 1 saturated heterocycles. The Balaban J connectivity index is 0.00000176. The van der Waals surface area contributed by atoms with Gasteiger partial charge in [-0.2, -0.15) is 0 Å². The average molecular weight is 414 g/mol. The number of aliphatic imine (C=N–C) groups is 1. The number of nitrogens with one attached hydrogen (secondary N) is 2. The Hall–Kier alpha value is -1.31.